The highest BCUT2D eigenvalue weighted by Crippen LogP contribution is 2.63. The van der Waals surface area contributed by atoms with E-state index < -0.39 is 5.79 Å². The Labute approximate surface area is 200 Å². The zero-order valence-corrected chi connectivity index (χ0v) is 19.8. The smallest absolute Gasteiger partial charge is 0.188 e. The van der Waals surface area contributed by atoms with Crippen LogP contribution in [0.5, 0.6) is 0 Å². The van der Waals surface area contributed by atoms with Crippen molar-refractivity contribution in [2.24, 2.45) is 17.3 Å². The van der Waals surface area contributed by atoms with Gasteiger partial charge in [0.1, 0.15) is 5.78 Å². The molecule has 4 atom stereocenters. The van der Waals surface area contributed by atoms with Gasteiger partial charge in [-0.25, -0.2) is 4.98 Å². The standard InChI is InChI=1S/C29H32N2O3/c1-28-17-24(19-2-5-21(6-3-19)31-13-12-30-18-31)27-22-10-11-29(33-14-15-34-29)16-20(22)4-7-23(27)25(28)8-9-26(28)32/h2-3,5-6,12-13,16,18,23-25H,4,7-11,14-15,17H2,1H3/t23?,24-,25?,28+/m1/s1. The Balaban J connectivity index is 1.34. The first-order valence-corrected chi connectivity index (χ1v) is 12.9. The number of benzene rings is 1. The second kappa shape index (κ2) is 7.50. The predicted molar refractivity (Wildman–Crippen MR) is 128 cm³/mol. The Hall–Kier alpha value is -2.50. The van der Waals surface area contributed by atoms with Crippen LogP contribution in [-0.4, -0.2) is 34.3 Å². The van der Waals surface area contributed by atoms with Gasteiger partial charge < -0.3 is 14.0 Å². The van der Waals surface area contributed by atoms with Gasteiger partial charge in [0.15, 0.2) is 5.79 Å². The fraction of sp³-hybridized carbons (Fsp3) is 0.517. The van der Waals surface area contributed by atoms with Crippen molar-refractivity contribution in [3.05, 3.63) is 71.3 Å². The van der Waals surface area contributed by atoms with Gasteiger partial charge in [-0.15, -0.1) is 0 Å². The number of hydrogen-bond donors (Lipinski definition) is 0. The van der Waals surface area contributed by atoms with E-state index in [1.165, 1.54) is 11.1 Å². The van der Waals surface area contributed by atoms with E-state index in [0.717, 1.165) is 50.6 Å². The van der Waals surface area contributed by atoms with Gasteiger partial charge in [0.2, 0.25) is 0 Å². The van der Waals surface area contributed by atoms with Crippen molar-refractivity contribution in [3.63, 3.8) is 0 Å². The molecule has 0 bridgehead atoms. The lowest BCUT2D eigenvalue weighted by Crippen LogP contribution is -2.44. The van der Waals surface area contributed by atoms with Crippen LogP contribution in [0, 0.1) is 17.3 Å². The third kappa shape index (κ3) is 2.99. The highest BCUT2D eigenvalue weighted by Gasteiger charge is 2.56. The van der Waals surface area contributed by atoms with Gasteiger partial charge in [-0.1, -0.05) is 24.6 Å². The number of carbonyl (C=O) groups excluding carboxylic acids is 1. The SMILES string of the molecule is C[C@]12C[C@H](c3ccc(-n4ccnc4)cc3)C3=C4CCC5(C=C4CCC3C1CCC2=O)OCCO5. The highest BCUT2D eigenvalue weighted by atomic mass is 16.7. The summed E-state index contributed by atoms with van der Waals surface area (Å²) in [4.78, 5) is 17.4. The first kappa shape index (κ1) is 20.8. The fourth-order valence-corrected chi connectivity index (χ4v) is 7.84. The molecule has 2 aromatic rings. The number of ketones is 1. The minimum Gasteiger partial charge on any atom is -0.344 e. The van der Waals surface area contributed by atoms with E-state index in [4.69, 9.17) is 9.47 Å². The predicted octanol–water partition coefficient (Wildman–Crippen LogP) is 5.51. The molecule has 7 rings (SSSR count). The molecule has 0 amide bonds. The van der Waals surface area contributed by atoms with Crippen LogP contribution in [0.25, 0.3) is 5.69 Å². The number of fused-ring (bicyclic) bond motifs is 4. The van der Waals surface area contributed by atoms with Crippen molar-refractivity contribution in [1.29, 1.82) is 0 Å². The molecule has 1 saturated heterocycles. The van der Waals surface area contributed by atoms with Gasteiger partial charge in [-0.2, -0.15) is 0 Å². The van der Waals surface area contributed by atoms with Crippen LogP contribution >= 0.6 is 0 Å². The fourth-order valence-electron chi connectivity index (χ4n) is 7.84. The summed E-state index contributed by atoms with van der Waals surface area (Å²) < 4.78 is 14.1. The lowest BCUT2D eigenvalue weighted by Gasteiger charge is -2.50. The minimum absolute atomic E-state index is 0.197. The van der Waals surface area contributed by atoms with Crippen molar-refractivity contribution in [2.75, 3.05) is 13.2 Å². The summed E-state index contributed by atoms with van der Waals surface area (Å²) in [5.41, 5.74) is 6.87. The van der Waals surface area contributed by atoms with Crippen LogP contribution in [0.2, 0.25) is 0 Å². The van der Waals surface area contributed by atoms with Crippen molar-refractivity contribution in [2.45, 2.75) is 63.6 Å². The third-order valence-electron chi connectivity index (χ3n) is 9.48. The van der Waals surface area contributed by atoms with Crippen LogP contribution in [0.1, 0.15) is 63.4 Å². The second-order valence-corrected chi connectivity index (χ2v) is 11.1. The molecule has 34 heavy (non-hydrogen) atoms. The van der Waals surface area contributed by atoms with Gasteiger partial charge >= 0.3 is 0 Å². The van der Waals surface area contributed by atoms with Gasteiger partial charge in [0.05, 0.1) is 19.5 Å². The molecule has 4 aliphatic carbocycles. The van der Waals surface area contributed by atoms with E-state index in [1.807, 2.05) is 23.3 Å². The lowest BCUT2D eigenvalue weighted by atomic mass is 9.53. The number of carbonyl (C=O) groups is 1. The summed E-state index contributed by atoms with van der Waals surface area (Å²) in [5, 5.41) is 0. The third-order valence-corrected chi connectivity index (χ3v) is 9.48. The van der Waals surface area contributed by atoms with Crippen LogP contribution in [0.3, 0.4) is 0 Å². The molecule has 3 fully saturated rings. The van der Waals surface area contributed by atoms with E-state index in [1.54, 1.807) is 11.1 Å². The molecule has 2 unspecified atom stereocenters. The number of Topliss-reactive ketones (excluding diaryl/α,β-unsaturated/α-hetero) is 1. The molecule has 0 radical (unpaired) electrons. The summed E-state index contributed by atoms with van der Waals surface area (Å²) in [5.74, 6) is 1.28. The number of aromatic nitrogens is 2. The molecule has 176 valence electrons. The van der Waals surface area contributed by atoms with Crippen LogP contribution in [-0.2, 0) is 14.3 Å². The number of nitrogens with zero attached hydrogens (tertiary/aromatic N) is 2. The van der Waals surface area contributed by atoms with Crippen LogP contribution in [0.15, 0.2) is 65.8 Å². The Kier molecular flexibility index (Phi) is 4.59. The molecule has 1 aromatic heterocycles. The average molecular weight is 457 g/mol. The molecular weight excluding hydrogens is 424 g/mol. The van der Waals surface area contributed by atoms with E-state index in [9.17, 15) is 4.79 Å². The summed E-state index contributed by atoms with van der Waals surface area (Å²) in [6, 6.07) is 8.94. The van der Waals surface area contributed by atoms with Crippen molar-refractivity contribution in [3.8, 4) is 5.69 Å². The number of allylic oxidation sites excluding steroid dienone is 3. The lowest BCUT2D eigenvalue weighted by molar-refractivity contribution is -0.128. The molecule has 5 heteroatoms. The average Bonchev–Trinajstić information content (AvgIpc) is 3.61. The Morgan fingerprint density at radius 1 is 1.06 bits per heavy atom. The molecule has 5 aliphatic rings. The molecule has 1 aromatic carbocycles. The van der Waals surface area contributed by atoms with E-state index in [0.29, 0.717) is 36.8 Å². The van der Waals surface area contributed by atoms with Gasteiger partial charge in [0.25, 0.3) is 0 Å². The maximum Gasteiger partial charge on any atom is 0.188 e. The normalized spacial score (nSPS) is 34.1. The van der Waals surface area contributed by atoms with E-state index in [2.05, 4.69) is 42.2 Å². The first-order chi connectivity index (χ1) is 16.6. The zero-order chi connectivity index (χ0) is 22.9. The van der Waals surface area contributed by atoms with Crippen LogP contribution in [0.4, 0.5) is 0 Å². The Morgan fingerprint density at radius 2 is 1.88 bits per heavy atom. The number of ether oxygens (including phenoxy) is 2. The van der Waals surface area contributed by atoms with Gasteiger partial charge in [-0.3, -0.25) is 4.79 Å². The van der Waals surface area contributed by atoms with Crippen molar-refractivity contribution >= 4 is 5.78 Å². The molecule has 1 aliphatic heterocycles. The first-order valence-electron chi connectivity index (χ1n) is 12.9. The van der Waals surface area contributed by atoms with Gasteiger partial charge in [0, 0.05) is 42.3 Å². The minimum atomic E-state index is -0.499. The maximum absolute atomic E-state index is 13.2. The molecular formula is C29H32N2O3. The number of hydrogen-bond acceptors (Lipinski definition) is 4. The topological polar surface area (TPSA) is 53.4 Å². The van der Waals surface area contributed by atoms with Crippen molar-refractivity contribution < 1.29 is 14.3 Å². The highest BCUT2D eigenvalue weighted by molar-refractivity contribution is 5.87. The summed E-state index contributed by atoms with van der Waals surface area (Å²) in [6.07, 6.45) is 14.8. The van der Waals surface area contributed by atoms with Crippen LogP contribution < -0.4 is 0 Å². The maximum atomic E-state index is 13.2. The monoisotopic (exact) mass is 456 g/mol. The molecule has 2 saturated carbocycles. The largest absolute Gasteiger partial charge is 0.344 e. The zero-order valence-electron chi connectivity index (χ0n) is 19.8. The summed E-state index contributed by atoms with van der Waals surface area (Å²) in [7, 11) is 0. The quantitative estimate of drug-likeness (QED) is 0.598. The van der Waals surface area contributed by atoms with Gasteiger partial charge in [-0.05, 0) is 78.9 Å². The van der Waals surface area contributed by atoms with E-state index >= 15 is 0 Å². The van der Waals surface area contributed by atoms with Crippen molar-refractivity contribution in [1.82, 2.24) is 9.55 Å². The summed E-state index contributed by atoms with van der Waals surface area (Å²) >= 11 is 0. The number of rotatable bonds is 2. The Morgan fingerprint density at radius 3 is 2.65 bits per heavy atom. The number of imidazole rings is 1. The molecule has 2 heterocycles. The summed E-state index contributed by atoms with van der Waals surface area (Å²) in [6.45, 7) is 3.64. The Bertz CT molecular complexity index is 1190. The molecule has 0 N–H and O–H groups in total. The molecule has 5 nitrogen and oxygen atoms in total. The second-order valence-electron chi connectivity index (χ2n) is 11.1. The molecule has 1 spiro atoms. The van der Waals surface area contributed by atoms with E-state index in [-0.39, 0.29) is 5.41 Å².